The molecule has 0 saturated heterocycles. The third-order valence-corrected chi connectivity index (χ3v) is 6.56. The van der Waals surface area contributed by atoms with Gasteiger partial charge in [-0.3, -0.25) is 4.79 Å². The van der Waals surface area contributed by atoms with Gasteiger partial charge in [-0.2, -0.15) is 0 Å². The molecule has 5 aliphatic carbocycles. The Hall–Kier alpha value is -0.330. The van der Waals surface area contributed by atoms with Gasteiger partial charge in [-0.05, 0) is 68.6 Å². The van der Waals surface area contributed by atoms with E-state index < -0.39 is 0 Å². The smallest absolute Gasteiger partial charge is 0.139 e. The van der Waals surface area contributed by atoms with Crippen molar-refractivity contribution in [3.05, 3.63) is 0 Å². The highest BCUT2D eigenvalue weighted by Gasteiger charge is 2.51. The zero-order valence-corrected chi connectivity index (χ0v) is 11.4. The molecule has 0 N–H and O–H groups in total. The predicted molar refractivity (Wildman–Crippen MR) is 72.1 cm³/mol. The van der Waals surface area contributed by atoms with Gasteiger partial charge < -0.3 is 0 Å². The molecule has 0 aromatic carbocycles. The van der Waals surface area contributed by atoms with Crippen LogP contribution in [-0.2, 0) is 4.79 Å². The summed E-state index contributed by atoms with van der Waals surface area (Å²) in [6.45, 7) is 0. The molecule has 0 aromatic heterocycles. The summed E-state index contributed by atoms with van der Waals surface area (Å²) in [4.78, 5) is 12.9. The van der Waals surface area contributed by atoms with E-state index in [4.69, 9.17) is 0 Å². The Bertz CT molecular complexity index is 312. The van der Waals surface area contributed by atoms with Gasteiger partial charge in [-0.25, -0.2) is 0 Å². The van der Waals surface area contributed by atoms with Gasteiger partial charge in [0.25, 0.3) is 0 Å². The fourth-order valence-electron chi connectivity index (χ4n) is 6.05. The molecule has 1 heteroatoms. The van der Waals surface area contributed by atoms with Crippen LogP contribution in [0.3, 0.4) is 0 Å². The minimum atomic E-state index is 0.460. The van der Waals surface area contributed by atoms with Crippen molar-refractivity contribution in [2.75, 3.05) is 0 Å². The minimum Gasteiger partial charge on any atom is -0.299 e. The third kappa shape index (κ3) is 1.77. The number of hydrogen-bond donors (Lipinski definition) is 0. The summed E-state index contributed by atoms with van der Waals surface area (Å²) >= 11 is 0. The first-order valence-corrected chi connectivity index (χ1v) is 8.35. The summed E-state index contributed by atoms with van der Waals surface area (Å²) < 4.78 is 0. The monoisotopic (exact) mass is 246 g/mol. The molecule has 0 aromatic rings. The SMILES string of the molecule is O=C(C1CCCCC1)C1C2CC3CC(C2)CC1C3. The van der Waals surface area contributed by atoms with Crippen molar-refractivity contribution < 1.29 is 4.79 Å². The molecule has 5 aliphatic rings. The number of carbonyl (C=O) groups is 1. The molecular formula is C17H26O. The van der Waals surface area contributed by atoms with Crippen molar-refractivity contribution in [2.45, 2.75) is 64.2 Å². The molecule has 5 fully saturated rings. The molecule has 0 radical (unpaired) electrons. The Balaban J connectivity index is 1.52. The zero-order valence-electron chi connectivity index (χ0n) is 11.4. The van der Waals surface area contributed by atoms with Crippen molar-refractivity contribution >= 4 is 5.78 Å². The molecular weight excluding hydrogens is 220 g/mol. The summed E-state index contributed by atoms with van der Waals surface area (Å²) in [6, 6.07) is 0. The molecule has 5 rings (SSSR count). The van der Waals surface area contributed by atoms with Gasteiger partial charge in [-0.15, -0.1) is 0 Å². The summed E-state index contributed by atoms with van der Waals surface area (Å²) in [5, 5.41) is 0. The average Bonchev–Trinajstić information content (AvgIpc) is 2.38. The van der Waals surface area contributed by atoms with E-state index in [-0.39, 0.29) is 0 Å². The van der Waals surface area contributed by atoms with Crippen LogP contribution in [0.15, 0.2) is 0 Å². The average molecular weight is 246 g/mol. The van der Waals surface area contributed by atoms with Crippen LogP contribution in [0.4, 0.5) is 0 Å². The van der Waals surface area contributed by atoms with Crippen molar-refractivity contribution in [2.24, 2.45) is 35.5 Å². The lowest BCUT2D eigenvalue weighted by Crippen LogP contribution is -2.49. The fourth-order valence-corrected chi connectivity index (χ4v) is 6.05. The lowest BCUT2D eigenvalue weighted by molar-refractivity contribution is -0.141. The number of rotatable bonds is 2. The van der Waals surface area contributed by atoms with Gasteiger partial charge in [0, 0.05) is 11.8 Å². The molecule has 0 spiro atoms. The second-order valence-corrected chi connectivity index (χ2v) is 7.69. The maximum atomic E-state index is 12.9. The Morgan fingerprint density at radius 2 is 1.28 bits per heavy atom. The Kier molecular flexibility index (Phi) is 2.78. The van der Waals surface area contributed by atoms with E-state index in [9.17, 15) is 4.79 Å². The summed E-state index contributed by atoms with van der Waals surface area (Å²) in [7, 11) is 0. The van der Waals surface area contributed by atoms with Crippen LogP contribution in [0.2, 0.25) is 0 Å². The Morgan fingerprint density at radius 3 is 1.83 bits per heavy atom. The van der Waals surface area contributed by atoms with E-state index in [1.165, 1.54) is 64.2 Å². The van der Waals surface area contributed by atoms with Crippen molar-refractivity contribution in [3.8, 4) is 0 Å². The third-order valence-electron chi connectivity index (χ3n) is 6.56. The topological polar surface area (TPSA) is 17.1 Å². The molecule has 0 amide bonds. The second-order valence-electron chi connectivity index (χ2n) is 7.69. The number of carbonyl (C=O) groups excluding carboxylic acids is 1. The standard InChI is InChI=1S/C17H26O/c18-17(13-4-2-1-3-5-13)16-14-7-11-6-12(9-14)10-15(16)8-11/h11-16H,1-10H2. The molecule has 100 valence electrons. The normalized spacial score (nSPS) is 47.4. The number of ketones is 1. The summed E-state index contributed by atoms with van der Waals surface area (Å²) in [6.07, 6.45) is 13.5. The zero-order chi connectivity index (χ0) is 12.1. The summed E-state index contributed by atoms with van der Waals surface area (Å²) in [5.41, 5.74) is 0. The first-order chi connectivity index (χ1) is 8.81. The lowest BCUT2D eigenvalue weighted by Gasteiger charge is -2.54. The Morgan fingerprint density at radius 1 is 0.722 bits per heavy atom. The van der Waals surface area contributed by atoms with Gasteiger partial charge in [0.05, 0.1) is 0 Å². The molecule has 0 aliphatic heterocycles. The van der Waals surface area contributed by atoms with Gasteiger partial charge in [0.2, 0.25) is 0 Å². The highest BCUT2D eigenvalue weighted by atomic mass is 16.1. The molecule has 0 atom stereocenters. The number of Topliss-reactive ketones (excluding diaryl/α,β-unsaturated/α-hetero) is 1. The molecule has 18 heavy (non-hydrogen) atoms. The maximum Gasteiger partial charge on any atom is 0.139 e. The summed E-state index contributed by atoms with van der Waals surface area (Å²) in [5.74, 6) is 5.28. The van der Waals surface area contributed by atoms with Crippen LogP contribution in [0.5, 0.6) is 0 Å². The van der Waals surface area contributed by atoms with Gasteiger partial charge >= 0.3 is 0 Å². The van der Waals surface area contributed by atoms with Crippen molar-refractivity contribution in [1.29, 1.82) is 0 Å². The van der Waals surface area contributed by atoms with Crippen molar-refractivity contribution in [3.63, 3.8) is 0 Å². The van der Waals surface area contributed by atoms with Crippen molar-refractivity contribution in [1.82, 2.24) is 0 Å². The van der Waals surface area contributed by atoms with Gasteiger partial charge in [0.15, 0.2) is 0 Å². The first-order valence-electron chi connectivity index (χ1n) is 8.35. The highest BCUT2D eigenvalue weighted by Crippen LogP contribution is 2.57. The molecule has 5 saturated carbocycles. The van der Waals surface area contributed by atoms with Gasteiger partial charge in [-0.1, -0.05) is 19.3 Å². The molecule has 0 heterocycles. The van der Waals surface area contributed by atoms with Crippen LogP contribution in [0.25, 0.3) is 0 Å². The predicted octanol–water partition coefficient (Wildman–Crippen LogP) is 4.21. The fraction of sp³-hybridized carbons (Fsp3) is 0.941. The first kappa shape index (κ1) is 11.5. The van der Waals surface area contributed by atoms with E-state index in [1.807, 2.05) is 0 Å². The molecule has 1 nitrogen and oxygen atoms in total. The van der Waals surface area contributed by atoms with Crippen LogP contribution >= 0.6 is 0 Å². The number of hydrogen-bond acceptors (Lipinski definition) is 1. The largest absolute Gasteiger partial charge is 0.299 e. The van der Waals surface area contributed by atoms with E-state index in [0.717, 1.165) is 23.7 Å². The van der Waals surface area contributed by atoms with E-state index in [0.29, 0.717) is 17.6 Å². The van der Waals surface area contributed by atoms with E-state index in [1.54, 1.807) is 0 Å². The quantitative estimate of drug-likeness (QED) is 0.713. The Labute approximate surface area is 111 Å². The highest BCUT2D eigenvalue weighted by molar-refractivity contribution is 5.84. The lowest BCUT2D eigenvalue weighted by atomic mass is 9.50. The van der Waals surface area contributed by atoms with Crippen LogP contribution < -0.4 is 0 Å². The minimum absolute atomic E-state index is 0.460. The molecule has 4 bridgehead atoms. The van der Waals surface area contributed by atoms with Crippen LogP contribution in [-0.4, -0.2) is 5.78 Å². The molecule has 0 unspecified atom stereocenters. The van der Waals surface area contributed by atoms with E-state index >= 15 is 0 Å². The van der Waals surface area contributed by atoms with Crippen LogP contribution in [0, 0.1) is 35.5 Å². The second kappa shape index (κ2) is 4.35. The van der Waals surface area contributed by atoms with Gasteiger partial charge in [0.1, 0.15) is 5.78 Å². The maximum absolute atomic E-state index is 12.9. The van der Waals surface area contributed by atoms with Crippen LogP contribution in [0.1, 0.15) is 64.2 Å². The van der Waals surface area contributed by atoms with E-state index in [2.05, 4.69) is 0 Å².